The summed E-state index contributed by atoms with van der Waals surface area (Å²) in [5.74, 6) is 0. The van der Waals surface area contributed by atoms with E-state index in [1.54, 1.807) is 14.2 Å². The highest BCUT2D eigenvalue weighted by molar-refractivity contribution is 4.82. The predicted octanol–water partition coefficient (Wildman–Crippen LogP) is 1.74. The quantitative estimate of drug-likeness (QED) is 0.746. The van der Waals surface area contributed by atoms with Crippen LogP contribution in [-0.4, -0.2) is 88.8 Å². The van der Waals surface area contributed by atoms with Crippen LogP contribution in [-0.2, 0) is 9.47 Å². The highest BCUT2D eigenvalue weighted by Crippen LogP contribution is 2.18. The number of nitrogens with zero attached hydrogens (tertiary/aromatic N) is 2. The molecular weight excluding hydrogens is 278 g/mol. The third kappa shape index (κ3) is 6.55. The Morgan fingerprint density at radius 2 is 1.81 bits per heavy atom. The fraction of sp³-hybridized carbons (Fsp3) is 1.00. The van der Waals surface area contributed by atoms with Crippen molar-refractivity contribution in [2.45, 2.75) is 37.5 Å². The van der Waals surface area contributed by atoms with Gasteiger partial charge < -0.3 is 9.47 Å². The molecule has 0 radical (unpaired) electrons. The molecule has 0 aliphatic carbocycles. The molecule has 2 rings (SSSR count). The molecule has 0 spiro atoms. The molecule has 2 fully saturated rings. The fourth-order valence-corrected chi connectivity index (χ4v) is 3.08. The van der Waals surface area contributed by atoms with Gasteiger partial charge in [0.15, 0.2) is 0 Å². The summed E-state index contributed by atoms with van der Waals surface area (Å²) in [5, 5.41) is 0. The minimum Gasteiger partial charge on any atom is -0.383 e. The Labute approximate surface area is 127 Å². The van der Waals surface area contributed by atoms with E-state index >= 15 is 0 Å². The van der Waals surface area contributed by atoms with E-state index in [-0.39, 0.29) is 6.67 Å². The Morgan fingerprint density at radius 1 is 1.14 bits per heavy atom. The highest BCUT2D eigenvalue weighted by atomic mass is 19.1. The van der Waals surface area contributed by atoms with Gasteiger partial charge in [-0.2, -0.15) is 0 Å². The molecule has 0 saturated carbocycles. The predicted molar refractivity (Wildman–Crippen MR) is 80.3 cm³/mol. The van der Waals surface area contributed by atoms with Crippen LogP contribution in [0.15, 0.2) is 0 Å². The number of alkyl halides is 2. The number of halogens is 2. The fourth-order valence-electron chi connectivity index (χ4n) is 3.08. The third-order valence-electron chi connectivity index (χ3n) is 4.23. The summed E-state index contributed by atoms with van der Waals surface area (Å²) in [7, 11) is 5.29. The summed E-state index contributed by atoms with van der Waals surface area (Å²) < 4.78 is 34.6. The van der Waals surface area contributed by atoms with Crippen molar-refractivity contribution in [3.8, 4) is 0 Å². The van der Waals surface area contributed by atoms with Crippen molar-refractivity contribution in [3.63, 3.8) is 0 Å². The number of hydrogen-bond acceptors (Lipinski definition) is 4. The van der Waals surface area contributed by atoms with Gasteiger partial charge in [-0.15, -0.1) is 0 Å². The Hall–Kier alpha value is -0.300. The van der Waals surface area contributed by atoms with Crippen LogP contribution in [0.4, 0.5) is 8.78 Å². The van der Waals surface area contributed by atoms with Gasteiger partial charge in [-0.1, -0.05) is 0 Å². The second-order valence-electron chi connectivity index (χ2n) is 5.86. The average Bonchev–Trinajstić information content (AvgIpc) is 3.00. The second kappa shape index (κ2) is 10.4. The molecule has 3 unspecified atom stereocenters. The van der Waals surface area contributed by atoms with E-state index in [2.05, 4.69) is 4.90 Å². The van der Waals surface area contributed by atoms with Crippen LogP contribution in [0, 0.1) is 0 Å². The maximum atomic E-state index is 12.7. The van der Waals surface area contributed by atoms with Crippen LogP contribution in [0.25, 0.3) is 0 Å². The first-order valence-corrected chi connectivity index (χ1v) is 7.74. The summed E-state index contributed by atoms with van der Waals surface area (Å²) >= 11 is 0. The molecule has 4 nitrogen and oxygen atoms in total. The molecule has 126 valence electrons. The maximum Gasteiger partial charge on any atom is 0.114 e. The summed E-state index contributed by atoms with van der Waals surface area (Å²) in [5.41, 5.74) is 0. The van der Waals surface area contributed by atoms with Crippen molar-refractivity contribution < 1.29 is 18.3 Å². The Balaban J connectivity index is 0.000000211. The zero-order chi connectivity index (χ0) is 15.7. The van der Waals surface area contributed by atoms with Crippen molar-refractivity contribution >= 4 is 0 Å². The first kappa shape index (κ1) is 18.7. The number of rotatable bonds is 6. The molecule has 3 atom stereocenters. The van der Waals surface area contributed by atoms with Crippen molar-refractivity contribution in [2.24, 2.45) is 0 Å². The van der Waals surface area contributed by atoms with E-state index < -0.39 is 6.17 Å². The van der Waals surface area contributed by atoms with Gasteiger partial charge in [-0.3, -0.25) is 9.80 Å². The van der Waals surface area contributed by atoms with Crippen molar-refractivity contribution in [1.29, 1.82) is 0 Å². The summed E-state index contributed by atoms with van der Waals surface area (Å²) in [6.45, 7) is 3.34. The molecule has 0 N–H and O–H groups in total. The molecule has 2 aliphatic heterocycles. The zero-order valence-electron chi connectivity index (χ0n) is 13.6. The Bertz CT molecular complexity index is 260. The van der Waals surface area contributed by atoms with Crippen LogP contribution < -0.4 is 0 Å². The lowest BCUT2D eigenvalue weighted by Crippen LogP contribution is -2.34. The molecule has 0 aromatic heterocycles. The van der Waals surface area contributed by atoms with Gasteiger partial charge in [0.2, 0.25) is 0 Å². The maximum absolute atomic E-state index is 12.7. The van der Waals surface area contributed by atoms with E-state index in [1.165, 1.54) is 6.42 Å². The molecule has 0 aromatic carbocycles. The van der Waals surface area contributed by atoms with Gasteiger partial charge in [0.05, 0.1) is 13.2 Å². The standard InChI is InChI=1S/C8H16FNO.C7H14FNO/c1-11-7-8-3-2-5-10(8)6-4-9;1-9-4-6(8)3-7(9)5-10-2/h8H,2-7H2,1H3;6-7H,3-5H2,1-2H3. The van der Waals surface area contributed by atoms with Crippen molar-refractivity contribution in [1.82, 2.24) is 9.80 Å². The number of ether oxygens (including phenoxy) is 2. The van der Waals surface area contributed by atoms with Crippen LogP contribution in [0.5, 0.6) is 0 Å². The van der Waals surface area contributed by atoms with Crippen LogP contribution in [0.3, 0.4) is 0 Å². The zero-order valence-corrected chi connectivity index (χ0v) is 13.6. The lowest BCUT2D eigenvalue weighted by atomic mass is 10.2. The molecular formula is C15H30F2N2O2. The molecule has 0 bridgehead atoms. The topological polar surface area (TPSA) is 24.9 Å². The second-order valence-corrected chi connectivity index (χ2v) is 5.86. The highest BCUT2D eigenvalue weighted by Gasteiger charge is 2.28. The lowest BCUT2D eigenvalue weighted by Gasteiger charge is -2.21. The van der Waals surface area contributed by atoms with Crippen molar-refractivity contribution in [2.75, 3.05) is 60.8 Å². The summed E-state index contributed by atoms with van der Waals surface area (Å²) in [4.78, 5) is 4.18. The third-order valence-corrected chi connectivity index (χ3v) is 4.23. The SMILES string of the molecule is COCC1CC(F)CN1C.COCC1CCCN1CCF. The molecule has 0 amide bonds. The minimum atomic E-state index is -0.648. The van der Waals surface area contributed by atoms with Crippen LogP contribution in [0.2, 0.25) is 0 Å². The van der Waals surface area contributed by atoms with E-state index in [1.807, 2.05) is 11.9 Å². The summed E-state index contributed by atoms with van der Waals surface area (Å²) in [6, 6.07) is 0.760. The smallest absolute Gasteiger partial charge is 0.114 e. The van der Waals surface area contributed by atoms with Gasteiger partial charge >= 0.3 is 0 Å². The largest absolute Gasteiger partial charge is 0.383 e. The number of likely N-dealkylation sites (N-methyl/N-ethyl adjacent to an activating group) is 1. The van der Waals surface area contributed by atoms with E-state index in [0.717, 1.165) is 19.6 Å². The van der Waals surface area contributed by atoms with Gasteiger partial charge in [-0.25, -0.2) is 8.78 Å². The van der Waals surface area contributed by atoms with Gasteiger partial charge in [-0.05, 0) is 32.9 Å². The Morgan fingerprint density at radius 3 is 2.33 bits per heavy atom. The monoisotopic (exact) mass is 308 g/mol. The number of likely N-dealkylation sites (tertiary alicyclic amines) is 2. The van der Waals surface area contributed by atoms with E-state index in [4.69, 9.17) is 9.47 Å². The Kier molecular flexibility index (Phi) is 9.31. The lowest BCUT2D eigenvalue weighted by molar-refractivity contribution is 0.111. The van der Waals surface area contributed by atoms with Gasteiger partial charge in [0, 0.05) is 39.4 Å². The molecule has 0 aromatic rings. The van der Waals surface area contributed by atoms with Crippen molar-refractivity contribution in [3.05, 3.63) is 0 Å². The minimum absolute atomic E-state index is 0.236. The van der Waals surface area contributed by atoms with Gasteiger partial charge in [0.1, 0.15) is 12.8 Å². The van der Waals surface area contributed by atoms with Crippen LogP contribution >= 0.6 is 0 Å². The van der Waals surface area contributed by atoms with E-state index in [0.29, 0.717) is 38.2 Å². The molecule has 2 heterocycles. The number of hydrogen-bond donors (Lipinski definition) is 0. The van der Waals surface area contributed by atoms with Gasteiger partial charge in [0.25, 0.3) is 0 Å². The average molecular weight is 308 g/mol. The number of methoxy groups -OCH3 is 2. The molecule has 6 heteroatoms. The first-order valence-electron chi connectivity index (χ1n) is 7.74. The molecule has 21 heavy (non-hydrogen) atoms. The van der Waals surface area contributed by atoms with Crippen LogP contribution in [0.1, 0.15) is 19.3 Å². The molecule has 2 saturated heterocycles. The summed E-state index contributed by atoms with van der Waals surface area (Å²) in [6.07, 6.45) is 2.33. The normalized spacial score (nSPS) is 30.4. The first-order chi connectivity index (χ1) is 10.1. The van der Waals surface area contributed by atoms with E-state index in [9.17, 15) is 8.78 Å². The molecule has 2 aliphatic rings.